The number of carboxylic acid groups (broad SMARTS) is 1. The highest BCUT2D eigenvalue weighted by Crippen LogP contribution is 2.08. The van der Waals surface area contributed by atoms with Crippen LogP contribution in [0.2, 0.25) is 0 Å². The van der Waals surface area contributed by atoms with Crippen LogP contribution in [0, 0.1) is 0 Å². The van der Waals surface area contributed by atoms with E-state index in [1.807, 2.05) is 11.9 Å². The molecular weight excluding hydrogens is 206 g/mol. The molecule has 0 fully saturated rings. The second kappa shape index (κ2) is 6.05. The number of hydrogen-bond donors (Lipinski definition) is 1. The normalized spacial score (nSPS) is 10.1. The number of aromatic carboxylic acids is 1. The van der Waals surface area contributed by atoms with Crippen molar-refractivity contribution in [2.45, 2.75) is 26.2 Å². The van der Waals surface area contributed by atoms with Crippen molar-refractivity contribution in [1.82, 2.24) is 9.97 Å². The average molecular weight is 223 g/mol. The maximum atomic E-state index is 10.6. The van der Waals surface area contributed by atoms with Gasteiger partial charge in [0.05, 0.1) is 12.4 Å². The first-order valence-electron chi connectivity index (χ1n) is 5.41. The van der Waals surface area contributed by atoms with Gasteiger partial charge in [0.25, 0.3) is 0 Å². The summed E-state index contributed by atoms with van der Waals surface area (Å²) >= 11 is 0. The van der Waals surface area contributed by atoms with Crippen LogP contribution in [0.15, 0.2) is 12.4 Å². The van der Waals surface area contributed by atoms with Crippen LogP contribution in [-0.4, -0.2) is 34.6 Å². The minimum atomic E-state index is -1.05. The summed E-state index contributed by atoms with van der Waals surface area (Å²) in [5.74, 6) is -0.339. The van der Waals surface area contributed by atoms with Gasteiger partial charge in [-0.15, -0.1) is 0 Å². The van der Waals surface area contributed by atoms with Gasteiger partial charge < -0.3 is 10.0 Å². The van der Waals surface area contributed by atoms with E-state index in [0.717, 1.165) is 13.0 Å². The molecule has 0 bridgehead atoms. The van der Waals surface area contributed by atoms with E-state index in [-0.39, 0.29) is 5.69 Å². The summed E-state index contributed by atoms with van der Waals surface area (Å²) < 4.78 is 0. The number of carboxylic acids is 1. The monoisotopic (exact) mass is 223 g/mol. The van der Waals surface area contributed by atoms with E-state index < -0.39 is 5.97 Å². The quantitative estimate of drug-likeness (QED) is 0.745. The first kappa shape index (κ1) is 12.4. The molecule has 0 atom stereocenters. The highest BCUT2D eigenvalue weighted by atomic mass is 16.4. The van der Waals surface area contributed by atoms with E-state index in [0.29, 0.717) is 5.82 Å². The first-order valence-corrected chi connectivity index (χ1v) is 5.41. The number of nitrogens with zero attached hydrogens (tertiary/aromatic N) is 3. The van der Waals surface area contributed by atoms with Crippen molar-refractivity contribution < 1.29 is 9.90 Å². The Bertz CT molecular complexity index is 338. The maximum Gasteiger partial charge on any atom is 0.356 e. The van der Waals surface area contributed by atoms with Gasteiger partial charge in [-0.3, -0.25) is 0 Å². The molecule has 88 valence electrons. The largest absolute Gasteiger partial charge is 0.476 e. The van der Waals surface area contributed by atoms with Crippen molar-refractivity contribution in [3.8, 4) is 0 Å². The third-order valence-electron chi connectivity index (χ3n) is 2.35. The molecule has 0 spiro atoms. The summed E-state index contributed by atoms with van der Waals surface area (Å²) in [6.45, 7) is 3.07. The molecule has 0 aliphatic carbocycles. The molecule has 5 nitrogen and oxygen atoms in total. The van der Waals surface area contributed by atoms with Gasteiger partial charge in [0.1, 0.15) is 5.82 Å². The zero-order chi connectivity index (χ0) is 12.0. The molecule has 1 aromatic rings. The van der Waals surface area contributed by atoms with Gasteiger partial charge in [-0.05, 0) is 6.42 Å². The Labute approximate surface area is 95.1 Å². The topological polar surface area (TPSA) is 66.3 Å². The summed E-state index contributed by atoms with van der Waals surface area (Å²) in [4.78, 5) is 20.4. The fourth-order valence-electron chi connectivity index (χ4n) is 1.34. The Balaban J connectivity index is 2.56. The van der Waals surface area contributed by atoms with Gasteiger partial charge in [0.15, 0.2) is 5.69 Å². The number of aromatic nitrogens is 2. The van der Waals surface area contributed by atoms with Crippen LogP contribution < -0.4 is 4.90 Å². The predicted molar refractivity (Wildman–Crippen MR) is 61.8 cm³/mol. The van der Waals surface area contributed by atoms with Crippen LogP contribution >= 0.6 is 0 Å². The number of anilines is 1. The van der Waals surface area contributed by atoms with Crippen LogP contribution in [0.1, 0.15) is 36.7 Å². The van der Waals surface area contributed by atoms with Gasteiger partial charge in [-0.1, -0.05) is 19.8 Å². The van der Waals surface area contributed by atoms with Crippen LogP contribution in [0.3, 0.4) is 0 Å². The van der Waals surface area contributed by atoms with E-state index >= 15 is 0 Å². The molecule has 1 heterocycles. The molecule has 16 heavy (non-hydrogen) atoms. The standard InChI is InChI=1S/C11H17N3O2/c1-3-4-5-6-14(2)10-8-12-9(7-13-10)11(15)16/h7-8H,3-6H2,1-2H3,(H,15,16). The molecule has 1 N–H and O–H groups in total. The minimum Gasteiger partial charge on any atom is -0.476 e. The Morgan fingerprint density at radius 1 is 1.38 bits per heavy atom. The number of hydrogen-bond acceptors (Lipinski definition) is 4. The predicted octanol–water partition coefficient (Wildman–Crippen LogP) is 1.80. The highest BCUT2D eigenvalue weighted by Gasteiger charge is 2.07. The van der Waals surface area contributed by atoms with Crippen LogP contribution in [-0.2, 0) is 0 Å². The first-order chi connectivity index (χ1) is 7.65. The molecule has 5 heteroatoms. The maximum absolute atomic E-state index is 10.6. The van der Waals surface area contributed by atoms with Crippen LogP contribution in [0.5, 0.6) is 0 Å². The summed E-state index contributed by atoms with van der Waals surface area (Å²) in [5, 5.41) is 8.67. The molecule has 0 unspecified atom stereocenters. The van der Waals surface area contributed by atoms with Gasteiger partial charge in [-0.2, -0.15) is 0 Å². The Hall–Kier alpha value is -1.65. The van der Waals surface area contributed by atoms with Gasteiger partial charge in [0.2, 0.25) is 0 Å². The molecule has 0 radical (unpaired) electrons. The van der Waals surface area contributed by atoms with Gasteiger partial charge >= 0.3 is 5.97 Å². The lowest BCUT2D eigenvalue weighted by atomic mass is 10.2. The molecule has 1 rings (SSSR count). The van der Waals surface area contributed by atoms with E-state index in [2.05, 4.69) is 16.9 Å². The third-order valence-corrected chi connectivity index (χ3v) is 2.35. The lowest BCUT2D eigenvalue weighted by Crippen LogP contribution is -2.20. The van der Waals surface area contributed by atoms with E-state index in [9.17, 15) is 4.79 Å². The number of rotatable bonds is 6. The fraction of sp³-hybridized carbons (Fsp3) is 0.545. The second-order valence-corrected chi connectivity index (χ2v) is 3.69. The lowest BCUT2D eigenvalue weighted by Gasteiger charge is -2.17. The molecule has 0 aliphatic rings. The summed E-state index contributed by atoms with van der Waals surface area (Å²) in [7, 11) is 1.93. The lowest BCUT2D eigenvalue weighted by molar-refractivity contribution is 0.0690. The van der Waals surface area contributed by atoms with Crippen LogP contribution in [0.4, 0.5) is 5.82 Å². The fourth-order valence-corrected chi connectivity index (χ4v) is 1.34. The van der Waals surface area contributed by atoms with Crippen molar-refractivity contribution >= 4 is 11.8 Å². The van der Waals surface area contributed by atoms with Gasteiger partial charge in [0, 0.05) is 13.6 Å². The summed E-state index contributed by atoms with van der Waals surface area (Å²) in [6, 6.07) is 0. The van der Waals surface area contributed by atoms with E-state index in [1.165, 1.54) is 25.2 Å². The van der Waals surface area contributed by atoms with Crippen molar-refractivity contribution in [1.29, 1.82) is 0 Å². The summed E-state index contributed by atoms with van der Waals surface area (Å²) in [6.07, 6.45) is 6.25. The Morgan fingerprint density at radius 3 is 2.62 bits per heavy atom. The Kier molecular flexibility index (Phi) is 4.69. The SMILES string of the molecule is CCCCCN(C)c1cnc(C(=O)O)cn1. The van der Waals surface area contributed by atoms with Crippen molar-refractivity contribution in [2.24, 2.45) is 0 Å². The summed E-state index contributed by atoms with van der Waals surface area (Å²) in [5.41, 5.74) is -0.0225. The Morgan fingerprint density at radius 2 is 2.12 bits per heavy atom. The van der Waals surface area contributed by atoms with E-state index in [1.54, 1.807) is 0 Å². The molecular formula is C11H17N3O2. The van der Waals surface area contributed by atoms with Crippen molar-refractivity contribution in [2.75, 3.05) is 18.5 Å². The zero-order valence-corrected chi connectivity index (χ0v) is 9.68. The van der Waals surface area contributed by atoms with Crippen LogP contribution in [0.25, 0.3) is 0 Å². The molecule has 0 saturated carbocycles. The molecule has 1 aromatic heterocycles. The highest BCUT2D eigenvalue weighted by molar-refractivity contribution is 5.84. The van der Waals surface area contributed by atoms with E-state index in [4.69, 9.17) is 5.11 Å². The average Bonchev–Trinajstić information content (AvgIpc) is 2.29. The van der Waals surface area contributed by atoms with Crippen molar-refractivity contribution in [3.05, 3.63) is 18.1 Å². The smallest absolute Gasteiger partial charge is 0.356 e. The second-order valence-electron chi connectivity index (χ2n) is 3.69. The van der Waals surface area contributed by atoms with Gasteiger partial charge in [-0.25, -0.2) is 14.8 Å². The zero-order valence-electron chi connectivity index (χ0n) is 9.68. The minimum absolute atomic E-state index is 0.0225. The number of carbonyl (C=O) groups is 1. The molecule has 0 amide bonds. The number of unbranched alkanes of at least 4 members (excludes halogenated alkanes) is 2. The molecule has 0 aliphatic heterocycles. The van der Waals surface area contributed by atoms with Crippen molar-refractivity contribution in [3.63, 3.8) is 0 Å². The third kappa shape index (κ3) is 3.49. The molecule has 0 saturated heterocycles. The molecule has 0 aromatic carbocycles.